The Labute approximate surface area is 92.6 Å². The summed E-state index contributed by atoms with van der Waals surface area (Å²) in [5, 5.41) is 3.41. The van der Waals surface area contributed by atoms with Gasteiger partial charge in [0.15, 0.2) is 0 Å². The predicted molar refractivity (Wildman–Crippen MR) is 60.6 cm³/mol. The SMILES string of the molecule is COC(=O)CC(C(C)C)C1CCCNC1. The normalized spacial score (nSPS) is 23.9. The van der Waals surface area contributed by atoms with Gasteiger partial charge in [-0.2, -0.15) is 0 Å². The molecule has 0 saturated carbocycles. The Balaban J connectivity index is 2.51. The minimum absolute atomic E-state index is 0.0701. The maximum absolute atomic E-state index is 11.3. The van der Waals surface area contributed by atoms with Gasteiger partial charge in [0.05, 0.1) is 7.11 Å². The van der Waals surface area contributed by atoms with Gasteiger partial charge in [0.1, 0.15) is 0 Å². The lowest BCUT2D eigenvalue weighted by atomic mass is 9.77. The van der Waals surface area contributed by atoms with E-state index in [0.29, 0.717) is 24.2 Å². The third-order valence-corrected chi connectivity index (χ3v) is 3.43. The average molecular weight is 213 g/mol. The zero-order valence-electron chi connectivity index (χ0n) is 10.1. The topological polar surface area (TPSA) is 38.3 Å². The molecular formula is C12H23NO2. The van der Waals surface area contributed by atoms with Gasteiger partial charge in [-0.25, -0.2) is 0 Å². The van der Waals surface area contributed by atoms with Gasteiger partial charge < -0.3 is 10.1 Å². The van der Waals surface area contributed by atoms with Crippen LogP contribution in [0, 0.1) is 17.8 Å². The highest BCUT2D eigenvalue weighted by molar-refractivity contribution is 5.69. The number of carbonyl (C=O) groups is 1. The zero-order valence-corrected chi connectivity index (χ0v) is 10.1. The summed E-state index contributed by atoms with van der Waals surface area (Å²) >= 11 is 0. The van der Waals surface area contributed by atoms with Gasteiger partial charge in [-0.05, 0) is 43.7 Å². The number of ether oxygens (including phenoxy) is 1. The molecule has 0 aromatic carbocycles. The molecule has 0 spiro atoms. The number of nitrogens with one attached hydrogen (secondary N) is 1. The number of esters is 1. The molecule has 1 aliphatic rings. The van der Waals surface area contributed by atoms with Crippen LogP contribution in [0.2, 0.25) is 0 Å². The molecule has 1 rings (SSSR count). The fraction of sp³-hybridized carbons (Fsp3) is 0.917. The van der Waals surface area contributed by atoms with Crippen LogP contribution in [0.1, 0.15) is 33.1 Å². The van der Waals surface area contributed by atoms with Gasteiger partial charge >= 0.3 is 5.97 Å². The Morgan fingerprint density at radius 1 is 1.53 bits per heavy atom. The smallest absolute Gasteiger partial charge is 0.305 e. The van der Waals surface area contributed by atoms with Crippen molar-refractivity contribution in [2.24, 2.45) is 17.8 Å². The first-order valence-corrected chi connectivity index (χ1v) is 5.92. The summed E-state index contributed by atoms with van der Waals surface area (Å²) in [5.74, 6) is 1.58. The fourth-order valence-electron chi connectivity index (χ4n) is 2.47. The van der Waals surface area contributed by atoms with Crippen LogP contribution in [-0.4, -0.2) is 26.2 Å². The van der Waals surface area contributed by atoms with Crippen LogP contribution in [0.25, 0.3) is 0 Å². The van der Waals surface area contributed by atoms with E-state index >= 15 is 0 Å². The largest absolute Gasteiger partial charge is 0.469 e. The molecule has 1 saturated heterocycles. The molecule has 0 radical (unpaired) electrons. The van der Waals surface area contributed by atoms with Crippen LogP contribution < -0.4 is 5.32 Å². The first kappa shape index (κ1) is 12.5. The van der Waals surface area contributed by atoms with E-state index in [-0.39, 0.29) is 5.97 Å². The van der Waals surface area contributed by atoms with Crippen molar-refractivity contribution in [1.29, 1.82) is 0 Å². The second-order valence-electron chi connectivity index (χ2n) is 4.79. The highest BCUT2D eigenvalue weighted by Gasteiger charge is 2.28. The van der Waals surface area contributed by atoms with E-state index < -0.39 is 0 Å². The van der Waals surface area contributed by atoms with Crippen LogP contribution in [0.15, 0.2) is 0 Å². The van der Waals surface area contributed by atoms with Crippen molar-refractivity contribution < 1.29 is 9.53 Å². The van der Waals surface area contributed by atoms with E-state index in [0.717, 1.165) is 13.1 Å². The first-order chi connectivity index (χ1) is 7.15. The van der Waals surface area contributed by atoms with Crippen molar-refractivity contribution in [2.45, 2.75) is 33.1 Å². The number of methoxy groups -OCH3 is 1. The second-order valence-corrected chi connectivity index (χ2v) is 4.79. The number of hydrogen-bond donors (Lipinski definition) is 1. The molecule has 1 heterocycles. The Bertz CT molecular complexity index is 198. The lowest BCUT2D eigenvalue weighted by Crippen LogP contribution is -2.37. The number of hydrogen-bond acceptors (Lipinski definition) is 3. The van der Waals surface area contributed by atoms with Crippen molar-refractivity contribution in [2.75, 3.05) is 20.2 Å². The minimum Gasteiger partial charge on any atom is -0.469 e. The Hall–Kier alpha value is -0.570. The summed E-state index contributed by atoms with van der Waals surface area (Å²) in [5.41, 5.74) is 0. The maximum atomic E-state index is 11.3. The lowest BCUT2D eigenvalue weighted by molar-refractivity contribution is -0.142. The van der Waals surface area contributed by atoms with E-state index in [2.05, 4.69) is 19.2 Å². The molecule has 0 aliphatic carbocycles. The van der Waals surface area contributed by atoms with Crippen molar-refractivity contribution in [3.8, 4) is 0 Å². The highest BCUT2D eigenvalue weighted by atomic mass is 16.5. The maximum Gasteiger partial charge on any atom is 0.305 e. The molecular weight excluding hydrogens is 190 g/mol. The van der Waals surface area contributed by atoms with Gasteiger partial charge in [0, 0.05) is 6.42 Å². The monoisotopic (exact) mass is 213 g/mol. The van der Waals surface area contributed by atoms with E-state index in [1.807, 2.05) is 0 Å². The predicted octanol–water partition coefficient (Wildman–Crippen LogP) is 1.82. The van der Waals surface area contributed by atoms with Crippen molar-refractivity contribution in [3.63, 3.8) is 0 Å². The first-order valence-electron chi connectivity index (χ1n) is 5.92. The van der Waals surface area contributed by atoms with Crippen LogP contribution in [0.3, 0.4) is 0 Å². The summed E-state index contributed by atoms with van der Waals surface area (Å²) < 4.78 is 4.76. The number of piperidine rings is 1. The molecule has 15 heavy (non-hydrogen) atoms. The van der Waals surface area contributed by atoms with Gasteiger partial charge in [0.2, 0.25) is 0 Å². The summed E-state index contributed by atoms with van der Waals surface area (Å²) in [6, 6.07) is 0. The number of carbonyl (C=O) groups excluding carboxylic acids is 1. The minimum atomic E-state index is -0.0701. The van der Waals surface area contributed by atoms with Crippen LogP contribution in [0.4, 0.5) is 0 Å². The molecule has 3 nitrogen and oxygen atoms in total. The molecule has 1 fully saturated rings. The molecule has 3 heteroatoms. The molecule has 0 bridgehead atoms. The van der Waals surface area contributed by atoms with Gasteiger partial charge in [-0.15, -0.1) is 0 Å². The molecule has 2 unspecified atom stereocenters. The summed E-state index contributed by atoms with van der Waals surface area (Å²) in [7, 11) is 1.47. The van der Waals surface area contributed by atoms with Gasteiger partial charge in [-0.1, -0.05) is 13.8 Å². The van der Waals surface area contributed by atoms with Crippen LogP contribution in [0.5, 0.6) is 0 Å². The second kappa shape index (κ2) is 6.11. The molecule has 0 aromatic rings. The fourth-order valence-corrected chi connectivity index (χ4v) is 2.47. The summed E-state index contributed by atoms with van der Waals surface area (Å²) in [6.45, 7) is 6.57. The highest BCUT2D eigenvalue weighted by Crippen LogP contribution is 2.29. The Morgan fingerprint density at radius 3 is 2.73 bits per heavy atom. The summed E-state index contributed by atoms with van der Waals surface area (Å²) in [6.07, 6.45) is 3.04. The van der Waals surface area contributed by atoms with Crippen molar-refractivity contribution in [1.82, 2.24) is 5.32 Å². The van der Waals surface area contributed by atoms with Gasteiger partial charge in [0.25, 0.3) is 0 Å². The Morgan fingerprint density at radius 2 is 2.27 bits per heavy atom. The Kier molecular flexibility index (Phi) is 5.09. The van der Waals surface area contributed by atoms with E-state index in [1.54, 1.807) is 0 Å². The third-order valence-electron chi connectivity index (χ3n) is 3.43. The summed E-state index contributed by atoms with van der Waals surface area (Å²) in [4.78, 5) is 11.3. The van der Waals surface area contributed by atoms with Crippen molar-refractivity contribution >= 4 is 5.97 Å². The lowest BCUT2D eigenvalue weighted by Gasteiger charge is -2.32. The third kappa shape index (κ3) is 3.82. The molecule has 2 atom stereocenters. The molecule has 0 amide bonds. The van der Waals surface area contributed by atoms with E-state index in [1.165, 1.54) is 20.0 Å². The van der Waals surface area contributed by atoms with E-state index in [9.17, 15) is 4.79 Å². The zero-order chi connectivity index (χ0) is 11.3. The molecule has 0 aromatic heterocycles. The van der Waals surface area contributed by atoms with Gasteiger partial charge in [-0.3, -0.25) is 4.79 Å². The molecule has 1 N–H and O–H groups in total. The van der Waals surface area contributed by atoms with Crippen LogP contribution >= 0.6 is 0 Å². The molecule has 88 valence electrons. The van der Waals surface area contributed by atoms with Crippen molar-refractivity contribution in [3.05, 3.63) is 0 Å². The van der Waals surface area contributed by atoms with E-state index in [4.69, 9.17) is 4.74 Å². The molecule has 1 aliphatic heterocycles. The standard InChI is InChI=1S/C12H23NO2/c1-9(2)11(7-12(14)15-3)10-5-4-6-13-8-10/h9-11,13H,4-8H2,1-3H3. The van der Waals surface area contributed by atoms with Crippen LogP contribution in [-0.2, 0) is 9.53 Å². The average Bonchev–Trinajstić information content (AvgIpc) is 2.26. The number of rotatable bonds is 4. The quantitative estimate of drug-likeness (QED) is 0.724.